The van der Waals surface area contributed by atoms with Crippen LogP contribution < -0.4 is 20.5 Å². The van der Waals surface area contributed by atoms with Gasteiger partial charge in [0.25, 0.3) is 5.91 Å². The van der Waals surface area contributed by atoms with Crippen LogP contribution in [-0.2, 0) is 6.54 Å². The topological polar surface area (TPSA) is 73.6 Å². The largest absolute Gasteiger partial charge is 0.496 e. The molecule has 0 aliphatic rings. The van der Waals surface area contributed by atoms with Gasteiger partial charge in [0.2, 0.25) is 0 Å². The van der Waals surface area contributed by atoms with E-state index in [1.165, 1.54) is 0 Å². The number of hydrogen-bond donors (Lipinski definition) is 2. The van der Waals surface area contributed by atoms with Gasteiger partial charge in [-0.1, -0.05) is 18.2 Å². The molecule has 0 atom stereocenters. The third kappa shape index (κ3) is 3.69. The van der Waals surface area contributed by atoms with Gasteiger partial charge in [0.1, 0.15) is 11.5 Å². The van der Waals surface area contributed by atoms with Gasteiger partial charge in [-0.25, -0.2) is 0 Å². The Bertz CT molecular complexity index is 656. The number of nitrogens with two attached hydrogens (primary N) is 1. The molecule has 2 aromatic carbocycles. The van der Waals surface area contributed by atoms with E-state index in [2.05, 4.69) is 5.32 Å². The zero-order valence-electron chi connectivity index (χ0n) is 12.8. The van der Waals surface area contributed by atoms with Crippen molar-refractivity contribution in [1.29, 1.82) is 0 Å². The molecule has 2 rings (SSSR count). The van der Waals surface area contributed by atoms with Crippen LogP contribution in [-0.4, -0.2) is 19.6 Å². The van der Waals surface area contributed by atoms with E-state index >= 15 is 0 Å². The third-order valence-electron chi connectivity index (χ3n) is 3.21. The number of ether oxygens (including phenoxy) is 2. The van der Waals surface area contributed by atoms with Crippen molar-refractivity contribution in [3.05, 3.63) is 53.6 Å². The molecule has 116 valence electrons. The van der Waals surface area contributed by atoms with E-state index < -0.39 is 0 Å². The number of amides is 1. The van der Waals surface area contributed by atoms with Gasteiger partial charge in [0.05, 0.1) is 19.4 Å². The number of nitrogens with one attached hydrogen (secondary N) is 1. The molecule has 1 amide bonds. The molecular formula is C17H20N2O3. The molecule has 0 saturated heterocycles. The lowest BCUT2D eigenvalue weighted by Crippen LogP contribution is -2.23. The molecule has 0 heterocycles. The van der Waals surface area contributed by atoms with E-state index in [1.807, 2.05) is 31.2 Å². The van der Waals surface area contributed by atoms with Gasteiger partial charge in [-0.2, -0.15) is 0 Å². The maximum Gasteiger partial charge on any atom is 0.251 e. The summed E-state index contributed by atoms with van der Waals surface area (Å²) in [6.45, 7) is 2.75. The number of nitrogen functional groups attached to an aromatic ring is 1. The van der Waals surface area contributed by atoms with E-state index in [0.29, 0.717) is 30.2 Å². The second-order valence-corrected chi connectivity index (χ2v) is 4.68. The molecule has 0 radical (unpaired) electrons. The van der Waals surface area contributed by atoms with Crippen LogP contribution in [0.1, 0.15) is 22.8 Å². The van der Waals surface area contributed by atoms with E-state index in [9.17, 15) is 4.79 Å². The highest BCUT2D eigenvalue weighted by molar-refractivity contribution is 5.95. The summed E-state index contributed by atoms with van der Waals surface area (Å²) in [5.41, 5.74) is 7.74. The molecular weight excluding hydrogens is 280 g/mol. The van der Waals surface area contributed by atoms with E-state index in [1.54, 1.807) is 25.3 Å². The van der Waals surface area contributed by atoms with Crippen molar-refractivity contribution in [2.24, 2.45) is 0 Å². The average Bonchev–Trinajstić information content (AvgIpc) is 2.55. The first-order valence-electron chi connectivity index (χ1n) is 7.08. The third-order valence-corrected chi connectivity index (χ3v) is 3.21. The number of benzene rings is 2. The van der Waals surface area contributed by atoms with Crippen molar-refractivity contribution in [3.63, 3.8) is 0 Å². The minimum Gasteiger partial charge on any atom is -0.496 e. The number of anilines is 1. The van der Waals surface area contributed by atoms with E-state index in [0.717, 1.165) is 11.3 Å². The fraction of sp³-hybridized carbons (Fsp3) is 0.235. The molecule has 2 aromatic rings. The number of carbonyl (C=O) groups excluding carboxylic acids is 1. The summed E-state index contributed by atoms with van der Waals surface area (Å²) in [5, 5.41) is 2.86. The quantitative estimate of drug-likeness (QED) is 0.804. The Labute approximate surface area is 130 Å². The molecule has 0 saturated carbocycles. The molecule has 0 aliphatic heterocycles. The second kappa shape index (κ2) is 7.36. The van der Waals surface area contributed by atoms with Crippen molar-refractivity contribution >= 4 is 11.6 Å². The predicted octanol–water partition coefficient (Wildman–Crippen LogP) is 2.61. The molecule has 5 nitrogen and oxygen atoms in total. The zero-order valence-corrected chi connectivity index (χ0v) is 12.8. The second-order valence-electron chi connectivity index (χ2n) is 4.68. The lowest BCUT2D eigenvalue weighted by molar-refractivity contribution is 0.0950. The summed E-state index contributed by atoms with van der Waals surface area (Å²) in [5.74, 6) is 1.08. The smallest absolute Gasteiger partial charge is 0.251 e. The molecule has 0 fully saturated rings. The molecule has 0 bridgehead atoms. The van der Waals surface area contributed by atoms with Crippen LogP contribution in [0.5, 0.6) is 11.5 Å². The van der Waals surface area contributed by atoms with Crippen LogP contribution >= 0.6 is 0 Å². The van der Waals surface area contributed by atoms with Gasteiger partial charge < -0.3 is 20.5 Å². The first kappa shape index (κ1) is 15.7. The Morgan fingerprint density at radius 3 is 2.68 bits per heavy atom. The molecule has 3 N–H and O–H groups in total. The normalized spacial score (nSPS) is 10.1. The number of hydrogen-bond acceptors (Lipinski definition) is 4. The molecule has 0 unspecified atom stereocenters. The maximum absolute atomic E-state index is 12.2. The molecule has 5 heteroatoms. The Morgan fingerprint density at radius 1 is 1.18 bits per heavy atom. The Morgan fingerprint density at radius 2 is 1.95 bits per heavy atom. The summed E-state index contributed by atoms with van der Waals surface area (Å²) >= 11 is 0. The zero-order chi connectivity index (χ0) is 15.9. The molecule has 0 aromatic heterocycles. The predicted molar refractivity (Wildman–Crippen MR) is 86.2 cm³/mol. The monoisotopic (exact) mass is 300 g/mol. The summed E-state index contributed by atoms with van der Waals surface area (Å²) in [6.07, 6.45) is 0. The molecule has 0 spiro atoms. The van der Waals surface area contributed by atoms with Crippen LogP contribution in [0.3, 0.4) is 0 Å². The lowest BCUT2D eigenvalue weighted by atomic mass is 10.1. The van der Waals surface area contributed by atoms with Gasteiger partial charge in [0, 0.05) is 17.7 Å². The number of methoxy groups -OCH3 is 1. The van der Waals surface area contributed by atoms with Crippen molar-refractivity contribution in [3.8, 4) is 11.5 Å². The number of carbonyl (C=O) groups is 1. The van der Waals surface area contributed by atoms with Gasteiger partial charge in [0.15, 0.2) is 0 Å². The van der Waals surface area contributed by atoms with Crippen molar-refractivity contribution in [2.75, 3.05) is 19.5 Å². The fourth-order valence-electron chi connectivity index (χ4n) is 2.08. The average molecular weight is 300 g/mol. The van der Waals surface area contributed by atoms with Crippen LogP contribution in [0, 0.1) is 0 Å². The first-order chi connectivity index (χ1) is 10.7. The van der Waals surface area contributed by atoms with Crippen LogP contribution in [0.4, 0.5) is 5.69 Å². The van der Waals surface area contributed by atoms with Gasteiger partial charge in [-0.05, 0) is 31.2 Å². The van der Waals surface area contributed by atoms with Crippen molar-refractivity contribution < 1.29 is 14.3 Å². The lowest BCUT2D eigenvalue weighted by Gasteiger charge is -2.11. The summed E-state index contributed by atoms with van der Waals surface area (Å²) in [6, 6.07) is 12.6. The van der Waals surface area contributed by atoms with Crippen molar-refractivity contribution in [1.82, 2.24) is 5.32 Å². The van der Waals surface area contributed by atoms with Gasteiger partial charge in [-0.3, -0.25) is 4.79 Å². The maximum atomic E-state index is 12.2. The highest BCUT2D eigenvalue weighted by atomic mass is 16.5. The number of rotatable bonds is 6. The summed E-state index contributed by atoms with van der Waals surface area (Å²) in [7, 11) is 1.61. The standard InChI is InChI=1S/C17H20N2O3/c1-3-22-16-10-12(8-9-14(16)18)17(20)19-11-13-6-4-5-7-15(13)21-2/h4-10H,3,11,18H2,1-2H3,(H,19,20). The molecule has 0 aliphatic carbocycles. The Balaban J connectivity index is 2.08. The highest BCUT2D eigenvalue weighted by Crippen LogP contribution is 2.23. The van der Waals surface area contributed by atoms with Crippen LogP contribution in [0.25, 0.3) is 0 Å². The van der Waals surface area contributed by atoms with E-state index in [4.69, 9.17) is 15.2 Å². The Kier molecular flexibility index (Phi) is 5.25. The fourth-order valence-corrected chi connectivity index (χ4v) is 2.08. The van der Waals surface area contributed by atoms with Crippen LogP contribution in [0.2, 0.25) is 0 Å². The van der Waals surface area contributed by atoms with E-state index in [-0.39, 0.29) is 5.91 Å². The van der Waals surface area contributed by atoms with Gasteiger partial charge >= 0.3 is 0 Å². The van der Waals surface area contributed by atoms with Crippen molar-refractivity contribution in [2.45, 2.75) is 13.5 Å². The SMILES string of the molecule is CCOc1cc(C(=O)NCc2ccccc2OC)ccc1N. The minimum absolute atomic E-state index is 0.188. The Hall–Kier alpha value is -2.69. The molecule has 22 heavy (non-hydrogen) atoms. The summed E-state index contributed by atoms with van der Waals surface area (Å²) < 4.78 is 10.7. The van der Waals surface area contributed by atoms with Gasteiger partial charge in [-0.15, -0.1) is 0 Å². The van der Waals surface area contributed by atoms with Crippen LogP contribution in [0.15, 0.2) is 42.5 Å². The minimum atomic E-state index is -0.188. The number of para-hydroxylation sites is 1. The highest BCUT2D eigenvalue weighted by Gasteiger charge is 2.10. The summed E-state index contributed by atoms with van der Waals surface area (Å²) in [4.78, 5) is 12.2. The first-order valence-corrected chi connectivity index (χ1v) is 7.08.